The molecule has 0 unspecified atom stereocenters. The molecule has 4 rings (SSSR count). The van der Waals surface area contributed by atoms with Gasteiger partial charge in [0, 0.05) is 0 Å². The summed E-state index contributed by atoms with van der Waals surface area (Å²) in [7, 11) is -0.696. The maximum Gasteiger partial charge on any atom is 2.00 e. The van der Waals surface area contributed by atoms with E-state index < -0.39 is 0 Å². The molecule has 218 valence electrons. The quantitative estimate of drug-likeness (QED) is 0.0813. The topological polar surface area (TPSA) is 0 Å². The van der Waals surface area contributed by atoms with E-state index in [4.69, 9.17) is 0 Å². The molecule has 4 aromatic rings. The van der Waals surface area contributed by atoms with E-state index in [1.165, 1.54) is 33.5 Å². The summed E-state index contributed by atoms with van der Waals surface area (Å²) in [5, 5.41) is 5.89. The van der Waals surface area contributed by atoms with Crippen molar-refractivity contribution in [2.24, 2.45) is 0 Å². The minimum atomic E-state index is -0.348. The summed E-state index contributed by atoms with van der Waals surface area (Å²) in [6.07, 6.45) is 15.0. The van der Waals surface area contributed by atoms with Gasteiger partial charge in [0.05, 0.1) is 0 Å². The molecular weight excluding hydrogens is 713 g/mol. The van der Waals surface area contributed by atoms with Gasteiger partial charge in [-0.05, 0) is 63.2 Å². The SMILES string of the molecule is [CH2-]CC/C=C/C.[CH2-]CC/C=C/C.[Pt+2].c1ccc(P(CCP(c2ccccc2)c2ccccc2)c2ccccc2)cc1. The molecule has 0 radical (unpaired) electrons. The Hall–Kier alpha value is -2.09. The predicted molar refractivity (Wildman–Crippen MR) is 187 cm³/mol. The normalized spacial score (nSPS) is 10.6. The van der Waals surface area contributed by atoms with Gasteiger partial charge in [-0.15, -0.1) is 0 Å². The molecule has 0 aliphatic carbocycles. The van der Waals surface area contributed by atoms with E-state index in [0.29, 0.717) is 0 Å². The third-order valence-corrected chi connectivity index (χ3v) is 11.4. The van der Waals surface area contributed by atoms with Crippen LogP contribution in [0, 0.1) is 13.8 Å². The third kappa shape index (κ3) is 15.1. The Morgan fingerprint density at radius 2 is 0.707 bits per heavy atom. The number of hydrogen-bond acceptors (Lipinski definition) is 0. The van der Waals surface area contributed by atoms with Gasteiger partial charge in [0.2, 0.25) is 0 Å². The summed E-state index contributed by atoms with van der Waals surface area (Å²) >= 11 is 0. The van der Waals surface area contributed by atoms with E-state index in [-0.39, 0.29) is 36.9 Å². The molecule has 4 aromatic carbocycles. The van der Waals surface area contributed by atoms with Gasteiger partial charge >= 0.3 is 21.1 Å². The Labute approximate surface area is 268 Å². The van der Waals surface area contributed by atoms with Crippen LogP contribution in [0.25, 0.3) is 0 Å². The Bertz CT molecular complexity index is 1000. The molecule has 0 nitrogen and oxygen atoms in total. The van der Waals surface area contributed by atoms with Crippen LogP contribution in [0.3, 0.4) is 0 Å². The number of unbranched alkanes of at least 4 members (excludes halogenated alkanes) is 2. The van der Waals surface area contributed by atoms with Crippen molar-refractivity contribution in [3.8, 4) is 0 Å². The Morgan fingerprint density at radius 3 is 0.878 bits per heavy atom. The molecule has 0 aliphatic rings. The van der Waals surface area contributed by atoms with E-state index >= 15 is 0 Å². The molecular formula is C38H46P2Pt. The summed E-state index contributed by atoms with van der Waals surface area (Å²) < 4.78 is 0. The summed E-state index contributed by atoms with van der Waals surface area (Å²) in [4.78, 5) is 0. The Morgan fingerprint density at radius 1 is 0.463 bits per heavy atom. The standard InChI is InChI=1S/C26H24P2.2C6H11.Pt/c1-5-13-23(14-6-1)27(24-15-7-2-8-16-24)21-22-28(25-17-9-3-10-18-25)26-19-11-4-12-20-26;2*1-3-5-6-4-2;/h1-20H,21-22H2;2*4,6H,1,3,5H2,2H3;/q;2*-1;+2/b;2*6-4+;. The van der Waals surface area contributed by atoms with Crippen LogP contribution in [0.2, 0.25) is 0 Å². The summed E-state index contributed by atoms with van der Waals surface area (Å²) in [5.41, 5.74) is 0. The average molecular weight is 760 g/mol. The van der Waals surface area contributed by atoms with Crippen LogP contribution in [0.15, 0.2) is 146 Å². The van der Waals surface area contributed by atoms with E-state index in [9.17, 15) is 0 Å². The van der Waals surface area contributed by atoms with Crippen molar-refractivity contribution < 1.29 is 21.1 Å². The van der Waals surface area contributed by atoms with Crippen molar-refractivity contribution in [2.75, 3.05) is 12.3 Å². The molecule has 0 atom stereocenters. The van der Waals surface area contributed by atoms with Gasteiger partial charge in [-0.25, -0.2) is 0 Å². The number of benzene rings is 4. The first-order valence-corrected chi connectivity index (χ1v) is 17.4. The van der Waals surface area contributed by atoms with E-state index in [2.05, 4.69) is 147 Å². The van der Waals surface area contributed by atoms with E-state index in [1.54, 1.807) is 0 Å². The van der Waals surface area contributed by atoms with Crippen LogP contribution in [0.4, 0.5) is 0 Å². The molecule has 0 spiro atoms. The minimum Gasteiger partial charge on any atom is -0.343 e. The first kappa shape index (κ1) is 36.9. The van der Waals surface area contributed by atoms with Gasteiger partial charge in [-0.2, -0.15) is 12.8 Å². The second-order valence-corrected chi connectivity index (χ2v) is 13.7. The number of rotatable bonds is 11. The first-order valence-electron chi connectivity index (χ1n) is 14.3. The predicted octanol–water partition coefficient (Wildman–Crippen LogP) is 9.60. The molecule has 0 saturated carbocycles. The van der Waals surface area contributed by atoms with Gasteiger partial charge in [-0.1, -0.05) is 158 Å². The zero-order valence-electron chi connectivity index (χ0n) is 24.7. The van der Waals surface area contributed by atoms with Crippen LogP contribution in [-0.4, -0.2) is 12.3 Å². The maximum atomic E-state index is 3.67. The molecule has 0 saturated heterocycles. The molecule has 3 heteroatoms. The zero-order valence-corrected chi connectivity index (χ0v) is 28.8. The van der Waals surface area contributed by atoms with Crippen LogP contribution in [-0.2, 0) is 21.1 Å². The zero-order chi connectivity index (χ0) is 28.7. The van der Waals surface area contributed by atoms with Crippen LogP contribution >= 0.6 is 15.8 Å². The number of hydrogen-bond donors (Lipinski definition) is 0. The van der Waals surface area contributed by atoms with Crippen LogP contribution < -0.4 is 21.2 Å². The van der Waals surface area contributed by atoms with Crippen molar-refractivity contribution >= 4 is 37.1 Å². The fraction of sp³-hybridized carbons (Fsp3) is 0.211. The van der Waals surface area contributed by atoms with Gasteiger partial charge < -0.3 is 13.8 Å². The Balaban J connectivity index is 0.000000547. The van der Waals surface area contributed by atoms with E-state index in [0.717, 1.165) is 25.7 Å². The van der Waals surface area contributed by atoms with Crippen LogP contribution in [0.1, 0.15) is 39.5 Å². The van der Waals surface area contributed by atoms with Gasteiger partial charge in [-0.3, -0.25) is 0 Å². The van der Waals surface area contributed by atoms with Gasteiger partial charge in [0.1, 0.15) is 0 Å². The van der Waals surface area contributed by atoms with E-state index in [1.807, 2.05) is 26.0 Å². The smallest absolute Gasteiger partial charge is 0.343 e. The van der Waals surface area contributed by atoms with Gasteiger partial charge in [0.15, 0.2) is 0 Å². The monoisotopic (exact) mass is 759 g/mol. The fourth-order valence-corrected chi connectivity index (χ4v) is 9.37. The summed E-state index contributed by atoms with van der Waals surface area (Å²) in [6, 6.07) is 44.2. The molecule has 0 bridgehead atoms. The second kappa shape index (κ2) is 24.5. The fourth-order valence-electron chi connectivity index (χ4n) is 4.02. The average Bonchev–Trinajstić information content (AvgIpc) is 3.03. The largest absolute Gasteiger partial charge is 2.00 e. The molecule has 41 heavy (non-hydrogen) atoms. The van der Waals surface area contributed by atoms with Crippen molar-refractivity contribution in [3.63, 3.8) is 0 Å². The van der Waals surface area contributed by atoms with Crippen LogP contribution in [0.5, 0.6) is 0 Å². The molecule has 0 fully saturated rings. The van der Waals surface area contributed by atoms with Crippen molar-refractivity contribution in [2.45, 2.75) is 39.5 Å². The molecule has 0 amide bonds. The van der Waals surface area contributed by atoms with Crippen molar-refractivity contribution in [1.82, 2.24) is 0 Å². The minimum absolute atomic E-state index is 0. The van der Waals surface area contributed by atoms with Crippen molar-refractivity contribution in [3.05, 3.63) is 159 Å². The molecule has 0 heterocycles. The summed E-state index contributed by atoms with van der Waals surface area (Å²) in [5.74, 6) is 0. The first-order chi connectivity index (χ1) is 19.7. The summed E-state index contributed by atoms with van der Waals surface area (Å²) in [6.45, 7) is 11.4. The maximum absolute atomic E-state index is 3.67. The molecule has 0 N–H and O–H groups in total. The third-order valence-electron chi connectivity index (χ3n) is 6.03. The second-order valence-electron chi connectivity index (χ2n) is 9.07. The number of allylic oxidation sites excluding steroid dienone is 4. The molecule has 0 aromatic heterocycles. The van der Waals surface area contributed by atoms with Crippen molar-refractivity contribution in [1.29, 1.82) is 0 Å². The van der Waals surface area contributed by atoms with Gasteiger partial charge in [0.25, 0.3) is 0 Å². The molecule has 0 aliphatic heterocycles. The Kier molecular flexibility index (Phi) is 22.1.